The van der Waals surface area contributed by atoms with Crippen LogP contribution in [-0.2, 0) is 10.2 Å². The number of nitrogens with zero attached hydrogens (tertiary/aromatic N) is 1. The molecule has 2 N–H and O–H groups in total. The van der Waals surface area contributed by atoms with E-state index in [1.54, 1.807) is 0 Å². The van der Waals surface area contributed by atoms with Gasteiger partial charge in [-0.3, -0.25) is 0 Å². The summed E-state index contributed by atoms with van der Waals surface area (Å²) in [6.45, 7) is 7.34. The zero-order valence-electron chi connectivity index (χ0n) is 11.6. The van der Waals surface area contributed by atoms with Crippen LogP contribution in [0.2, 0.25) is 0 Å². The minimum atomic E-state index is -3.41. The van der Waals surface area contributed by atoms with Gasteiger partial charge in [-0.05, 0) is 24.7 Å². The van der Waals surface area contributed by atoms with Crippen LogP contribution in [0.5, 0.6) is 0 Å². The summed E-state index contributed by atoms with van der Waals surface area (Å²) in [5.74, 6) is 0. The van der Waals surface area contributed by atoms with Crippen molar-refractivity contribution in [1.82, 2.24) is 9.03 Å². The monoisotopic (exact) mass is 278 g/mol. The van der Waals surface area contributed by atoms with Crippen molar-refractivity contribution in [3.8, 4) is 0 Å². The minimum Gasteiger partial charge on any atom is -0.392 e. The first-order valence-electron chi connectivity index (χ1n) is 6.63. The summed E-state index contributed by atoms with van der Waals surface area (Å²) in [5, 5.41) is 9.80. The van der Waals surface area contributed by atoms with Gasteiger partial charge in [-0.15, -0.1) is 0 Å². The Morgan fingerprint density at radius 3 is 2.28 bits per heavy atom. The predicted molar refractivity (Wildman–Crippen MR) is 72.4 cm³/mol. The maximum absolute atomic E-state index is 12.0. The molecule has 0 amide bonds. The summed E-state index contributed by atoms with van der Waals surface area (Å²) in [5.41, 5.74) is -0.00399. The van der Waals surface area contributed by atoms with E-state index < -0.39 is 16.3 Å². The first-order chi connectivity index (χ1) is 8.21. The van der Waals surface area contributed by atoms with Crippen LogP contribution in [0.25, 0.3) is 0 Å². The summed E-state index contributed by atoms with van der Waals surface area (Å²) in [6, 6.07) is 0. The molecule has 1 fully saturated rings. The van der Waals surface area contributed by atoms with Gasteiger partial charge >= 0.3 is 0 Å². The average molecular weight is 278 g/mol. The van der Waals surface area contributed by atoms with Gasteiger partial charge in [-0.2, -0.15) is 17.4 Å². The lowest BCUT2D eigenvalue weighted by atomic mass is 9.89. The molecular formula is C12H26N2O3S. The van der Waals surface area contributed by atoms with Crippen molar-refractivity contribution < 1.29 is 13.5 Å². The van der Waals surface area contributed by atoms with Gasteiger partial charge in [-0.1, -0.05) is 27.2 Å². The molecule has 18 heavy (non-hydrogen) atoms. The molecule has 1 aliphatic heterocycles. The molecule has 0 aromatic heterocycles. The van der Waals surface area contributed by atoms with Gasteiger partial charge in [0.15, 0.2) is 0 Å². The van der Waals surface area contributed by atoms with Crippen LogP contribution < -0.4 is 4.72 Å². The third-order valence-corrected chi connectivity index (χ3v) is 4.58. The molecule has 0 bridgehead atoms. The van der Waals surface area contributed by atoms with E-state index in [4.69, 9.17) is 0 Å². The lowest BCUT2D eigenvalue weighted by molar-refractivity contribution is 0.124. The van der Waals surface area contributed by atoms with Crippen LogP contribution >= 0.6 is 0 Å². The molecule has 0 saturated carbocycles. The van der Waals surface area contributed by atoms with Crippen molar-refractivity contribution in [2.24, 2.45) is 5.41 Å². The fraction of sp³-hybridized carbons (Fsp3) is 1.00. The molecule has 5 nitrogen and oxygen atoms in total. The first kappa shape index (κ1) is 15.9. The van der Waals surface area contributed by atoms with Crippen molar-refractivity contribution in [3.05, 3.63) is 0 Å². The number of nitrogens with one attached hydrogen (secondary N) is 1. The smallest absolute Gasteiger partial charge is 0.279 e. The second-order valence-corrected chi connectivity index (χ2v) is 7.99. The Morgan fingerprint density at radius 1 is 1.22 bits per heavy atom. The summed E-state index contributed by atoms with van der Waals surface area (Å²) in [7, 11) is -3.41. The second-order valence-electron chi connectivity index (χ2n) is 6.23. The van der Waals surface area contributed by atoms with E-state index in [9.17, 15) is 13.5 Å². The first-order valence-corrected chi connectivity index (χ1v) is 8.07. The Bertz CT molecular complexity index is 343. The largest absolute Gasteiger partial charge is 0.392 e. The minimum absolute atomic E-state index is 0.00399. The molecule has 0 aromatic carbocycles. The number of piperidine rings is 1. The van der Waals surface area contributed by atoms with Crippen LogP contribution in [0.15, 0.2) is 0 Å². The van der Waals surface area contributed by atoms with Gasteiger partial charge in [0.1, 0.15) is 0 Å². The van der Waals surface area contributed by atoms with Gasteiger partial charge in [-0.25, -0.2) is 0 Å². The molecule has 108 valence electrons. The molecule has 1 rings (SSSR count). The van der Waals surface area contributed by atoms with Crippen molar-refractivity contribution >= 4 is 10.2 Å². The summed E-state index contributed by atoms with van der Waals surface area (Å²) in [6.07, 6.45) is 2.88. The molecule has 0 radical (unpaired) electrons. The highest BCUT2D eigenvalue weighted by atomic mass is 32.2. The van der Waals surface area contributed by atoms with E-state index in [2.05, 4.69) is 4.72 Å². The second kappa shape index (κ2) is 6.32. The highest BCUT2D eigenvalue weighted by molar-refractivity contribution is 7.87. The molecule has 1 heterocycles. The third-order valence-electron chi connectivity index (χ3n) is 3.00. The van der Waals surface area contributed by atoms with Crippen LogP contribution in [0.4, 0.5) is 0 Å². The van der Waals surface area contributed by atoms with E-state index >= 15 is 0 Å². The van der Waals surface area contributed by atoms with Crippen LogP contribution in [0.1, 0.15) is 46.5 Å². The van der Waals surface area contributed by atoms with Gasteiger partial charge in [0.25, 0.3) is 10.2 Å². The van der Waals surface area contributed by atoms with E-state index in [-0.39, 0.29) is 12.0 Å². The summed E-state index contributed by atoms with van der Waals surface area (Å²) < 4.78 is 27.9. The quantitative estimate of drug-likeness (QED) is 0.791. The van der Waals surface area contributed by atoms with E-state index in [1.807, 2.05) is 20.8 Å². The molecular weight excluding hydrogens is 252 g/mol. The fourth-order valence-electron chi connectivity index (χ4n) is 2.18. The maximum Gasteiger partial charge on any atom is 0.279 e. The van der Waals surface area contributed by atoms with Gasteiger partial charge in [0.2, 0.25) is 0 Å². The molecule has 0 spiro atoms. The topological polar surface area (TPSA) is 69.6 Å². The Kier molecular flexibility index (Phi) is 5.58. The Morgan fingerprint density at radius 2 is 1.78 bits per heavy atom. The average Bonchev–Trinajstić information content (AvgIpc) is 2.26. The van der Waals surface area contributed by atoms with E-state index in [0.717, 1.165) is 19.3 Å². The lowest BCUT2D eigenvalue weighted by Crippen LogP contribution is -2.45. The standard InChI is InChI=1S/C12H26N2O3S/c1-12(2,3)9-11(15)10-13-18(16,17)14-7-5-4-6-8-14/h11,13,15H,4-10H2,1-3H3. The molecule has 0 aromatic rings. The van der Waals surface area contributed by atoms with Crippen LogP contribution in [0.3, 0.4) is 0 Å². The fourth-order valence-corrected chi connectivity index (χ4v) is 3.50. The SMILES string of the molecule is CC(C)(C)CC(O)CNS(=O)(=O)N1CCCCC1. The maximum atomic E-state index is 12.0. The highest BCUT2D eigenvalue weighted by Crippen LogP contribution is 2.20. The Labute approximate surface area is 111 Å². The van der Waals surface area contributed by atoms with Crippen LogP contribution in [0, 0.1) is 5.41 Å². The normalized spacial score (nSPS) is 20.9. The third kappa shape index (κ3) is 5.65. The summed E-state index contributed by atoms with van der Waals surface area (Å²) in [4.78, 5) is 0. The molecule has 1 atom stereocenters. The number of hydrogen-bond acceptors (Lipinski definition) is 3. The Balaban J connectivity index is 2.41. The van der Waals surface area contributed by atoms with Crippen molar-refractivity contribution in [2.45, 2.75) is 52.6 Å². The Hall–Kier alpha value is -0.170. The van der Waals surface area contributed by atoms with Crippen LogP contribution in [-0.4, -0.2) is 43.6 Å². The predicted octanol–water partition coefficient (Wildman–Crippen LogP) is 1.10. The zero-order valence-corrected chi connectivity index (χ0v) is 12.5. The number of rotatable bonds is 5. The van der Waals surface area contributed by atoms with Gasteiger partial charge in [0.05, 0.1) is 6.10 Å². The summed E-state index contributed by atoms with van der Waals surface area (Å²) >= 11 is 0. The lowest BCUT2D eigenvalue weighted by Gasteiger charge is -2.27. The van der Waals surface area contributed by atoms with Crippen molar-refractivity contribution in [1.29, 1.82) is 0 Å². The highest BCUT2D eigenvalue weighted by Gasteiger charge is 2.25. The molecule has 1 aliphatic rings. The number of hydrogen-bond donors (Lipinski definition) is 2. The molecule has 1 saturated heterocycles. The number of aliphatic hydroxyl groups excluding tert-OH is 1. The van der Waals surface area contributed by atoms with E-state index in [1.165, 1.54) is 4.31 Å². The van der Waals surface area contributed by atoms with Crippen molar-refractivity contribution in [3.63, 3.8) is 0 Å². The number of aliphatic hydroxyl groups is 1. The zero-order chi connectivity index (χ0) is 13.8. The molecule has 0 aliphatic carbocycles. The van der Waals surface area contributed by atoms with Crippen molar-refractivity contribution in [2.75, 3.05) is 19.6 Å². The van der Waals surface area contributed by atoms with Gasteiger partial charge in [0, 0.05) is 19.6 Å². The molecule has 1 unspecified atom stereocenters. The van der Waals surface area contributed by atoms with Gasteiger partial charge < -0.3 is 5.11 Å². The molecule has 6 heteroatoms. The van der Waals surface area contributed by atoms with E-state index in [0.29, 0.717) is 19.5 Å².